The Morgan fingerprint density at radius 1 is 1.21 bits per heavy atom. The molecule has 0 aromatic heterocycles. The third-order valence-electron chi connectivity index (χ3n) is 5.16. The van der Waals surface area contributed by atoms with E-state index in [2.05, 4.69) is 6.92 Å². The van der Waals surface area contributed by atoms with E-state index in [1.54, 1.807) is 4.90 Å². The fourth-order valence-corrected chi connectivity index (χ4v) is 3.71. The second kappa shape index (κ2) is 3.46. The van der Waals surface area contributed by atoms with E-state index in [9.17, 15) is 9.90 Å². The SMILES string of the molecule is CC(C)(C)OC(=O)N1CC2(C1)CC(O)(C1(C)CC1)C2. The molecule has 0 atom stereocenters. The summed E-state index contributed by atoms with van der Waals surface area (Å²) in [5, 5.41) is 10.6. The standard InChI is InChI=1S/C15H25NO3/c1-12(2,3)19-11(17)16-9-14(10-16)7-15(18,8-14)13(4)5-6-13/h18H,5-10H2,1-4H3. The van der Waals surface area contributed by atoms with Crippen molar-refractivity contribution in [2.45, 2.75) is 64.6 Å². The molecule has 4 heteroatoms. The molecule has 1 N–H and O–H groups in total. The van der Waals surface area contributed by atoms with E-state index in [1.165, 1.54) is 0 Å². The smallest absolute Gasteiger partial charge is 0.410 e. The maximum absolute atomic E-state index is 11.9. The fourth-order valence-electron chi connectivity index (χ4n) is 3.71. The molecule has 108 valence electrons. The van der Waals surface area contributed by atoms with Crippen molar-refractivity contribution in [1.82, 2.24) is 4.90 Å². The molecule has 2 aliphatic carbocycles. The number of ether oxygens (including phenoxy) is 1. The molecule has 4 nitrogen and oxygen atoms in total. The normalized spacial score (nSPS) is 29.4. The molecule has 1 aliphatic heterocycles. The van der Waals surface area contributed by atoms with Crippen molar-refractivity contribution in [3.05, 3.63) is 0 Å². The fraction of sp³-hybridized carbons (Fsp3) is 0.933. The number of aliphatic hydroxyl groups is 1. The van der Waals surface area contributed by atoms with Crippen molar-refractivity contribution in [2.75, 3.05) is 13.1 Å². The minimum Gasteiger partial charge on any atom is -0.444 e. The summed E-state index contributed by atoms with van der Waals surface area (Å²) in [7, 11) is 0. The van der Waals surface area contributed by atoms with Crippen LogP contribution in [-0.2, 0) is 4.74 Å². The van der Waals surface area contributed by atoms with Crippen LogP contribution in [0.5, 0.6) is 0 Å². The van der Waals surface area contributed by atoms with Crippen LogP contribution in [0.3, 0.4) is 0 Å². The Bertz CT molecular complexity index is 406. The molecular formula is C15H25NO3. The minimum absolute atomic E-state index is 0.157. The van der Waals surface area contributed by atoms with Gasteiger partial charge in [0.15, 0.2) is 0 Å². The van der Waals surface area contributed by atoms with Crippen molar-refractivity contribution < 1.29 is 14.6 Å². The molecule has 19 heavy (non-hydrogen) atoms. The van der Waals surface area contributed by atoms with Gasteiger partial charge in [0.05, 0.1) is 5.60 Å². The van der Waals surface area contributed by atoms with Gasteiger partial charge < -0.3 is 14.7 Å². The van der Waals surface area contributed by atoms with Crippen molar-refractivity contribution in [2.24, 2.45) is 10.8 Å². The van der Waals surface area contributed by atoms with Crippen molar-refractivity contribution in [1.29, 1.82) is 0 Å². The molecule has 2 saturated carbocycles. The number of hydrogen-bond donors (Lipinski definition) is 1. The highest BCUT2D eigenvalue weighted by Crippen LogP contribution is 2.67. The Morgan fingerprint density at radius 2 is 1.74 bits per heavy atom. The van der Waals surface area contributed by atoms with Gasteiger partial charge in [0, 0.05) is 18.5 Å². The molecule has 1 heterocycles. The van der Waals surface area contributed by atoms with Crippen LogP contribution in [0.1, 0.15) is 53.4 Å². The van der Waals surface area contributed by atoms with Gasteiger partial charge in [-0.15, -0.1) is 0 Å². The van der Waals surface area contributed by atoms with Gasteiger partial charge in [-0.25, -0.2) is 4.79 Å². The monoisotopic (exact) mass is 267 g/mol. The largest absolute Gasteiger partial charge is 0.444 e. The molecule has 1 spiro atoms. The summed E-state index contributed by atoms with van der Waals surface area (Å²) in [6.45, 7) is 9.34. The number of carbonyl (C=O) groups excluding carboxylic acids is 1. The van der Waals surface area contributed by atoms with Gasteiger partial charge in [0.2, 0.25) is 0 Å². The molecule has 3 aliphatic rings. The van der Waals surface area contributed by atoms with Crippen molar-refractivity contribution >= 4 is 6.09 Å². The zero-order valence-corrected chi connectivity index (χ0v) is 12.5. The van der Waals surface area contributed by atoms with Crippen LogP contribution in [-0.4, -0.2) is 40.4 Å². The quantitative estimate of drug-likeness (QED) is 0.794. The van der Waals surface area contributed by atoms with Gasteiger partial charge in [0.1, 0.15) is 5.60 Å². The second-order valence-electron chi connectivity index (χ2n) is 8.28. The lowest BCUT2D eigenvalue weighted by atomic mass is 9.51. The van der Waals surface area contributed by atoms with E-state index in [1.807, 2.05) is 20.8 Å². The Labute approximate surface area is 115 Å². The minimum atomic E-state index is -0.465. The molecule has 3 rings (SSSR count). The molecule has 0 aromatic carbocycles. The molecule has 0 radical (unpaired) electrons. The maximum atomic E-state index is 11.9. The molecular weight excluding hydrogens is 242 g/mol. The summed E-state index contributed by atoms with van der Waals surface area (Å²) >= 11 is 0. The van der Waals surface area contributed by atoms with E-state index in [0.717, 1.165) is 38.8 Å². The number of carbonyl (C=O) groups is 1. The van der Waals surface area contributed by atoms with Crippen LogP contribution >= 0.6 is 0 Å². The van der Waals surface area contributed by atoms with Crippen molar-refractivity contribution in [3.63, 3.8) is 0 Å². The lowest BCUT2D eigenvalue weighted by Gasteiger charge is -2.64. The van der Waals surface area contributed by atoms with E-state index in [-0.39, 0.29) is 16.9 Å². The van der Waals surface area contributed by atoms with Crippen LogP contribution in [0.2, 0.25) is 0 Å². The summed E-state index contributed by atoms with van der Waals surface area (Å²) < 4.78 is 5.36. The van der Waals surface area contributed by atoms with E-state index in [4.69, 9.17) is 4.74 Å². The van der Waals surface area contributed by atoms with E-state index >= 15 is 0 Å². The van der Waals surface area contributed by atoms with E-state index < -0.39 is 11.2 Å². The highest BCUT2D eigenvalue weighted by Gasteiger charge is 2.69. The number of hydrogen-bond acceptors (Lipinski definition) is 3. The van der Waals surface area contributed by atoms with Crippen LogP contribution < -0.4 is 0 Å². The third-order valence-corrected chi connectivity index (χ3v) is 5.16. The van der Waals surface area contributed by atoms with Gasteiger partial charge in [-0.3, -0.25) is 0 Å². The Balaban J connectivity index is 1.51. The molecule has 1 saturated heterocycles. The first kappa shape index (κ1) is 13.2. The zero-order valence-electron chi connectivity index (χ0n) is 12.5. The van der Waals surface area contributed by atoms with Crippen molar-refractivity contribution in [3.8, 4) is 0 Å². The molecule has 0 bridgehead atoms. The summed E-state index contributed by atoms with van der Waals surface area (Å²) in [5.41, 5.74) is -0.559. The lowest BCUT2D eigenvalue weighted by Crippen LogP contribution is -2.71. The topological polar surface area (TPSA) is 49.8 Å². The predicted molar refractivity (Wildman–Crippen MR) is 71.8 cm³/mol. The highest BCUT2D eigenvalue weighted by molar-refractivity contribution is 5.69. The van der Waals surface area contributed by atoms with Crippen LogP contribution in [0.4, 0.5) is 4.79 Å². The van der Waals surface area contributed by atoms with Gasteiger partial charge in [-0.2, -0.15) is 0 Å². The first-order valence-corrected chi connectivity index (χ1v) is 7.27. The lowest BCUT2D eigenvalue weighted by molar-refractivity contribution is -0.213. The summed E-state index contributed by atoms with van der Waals surface area (Å²) in [6, 6.07) is 0. The summed E-state index contributed by atoms with van der Waals surface area (Å²) in [4.78, 5) is 13.6. The molecule has 1 amide bonds. The average molecular weight is 267 g/mol. The second-order valence-corrected chi connectivity index (χ2v) is 8.28. The Morgan fingerprint density at radius 3 is 2.16 bits per heavy atom. The molecule has 0 aromatic rings. The van der Waals surface area contributed by atoms with Crippen LogP contribution in [0, 0.1) is 10.8 Å². The Hall–Kier alpha value is -0.770. The third kappa shape index (κ3) is 2.04. The number of amides is 1. The molecule has 0 unspecified atom stereocenters. The number of rotatable bonds is 1. The summed E-state index contributed by atoms with van der Waals surface area (Å²) in [5.74, 6) is 0. The van der Waals surface area contributed by atoms with Gasteiger partial charge in [-0.05, 0) is 51.9 Å². The summed E-state index contributed by atoms with van der Waals surface area (Å²) in [6.07, 6.45) is 3.79. The first-order valence-electron chi connectivity index (χ1n) is 7.27. The average Bonchev–Trinajstić information content (AvgIpc) is 2.85. The highest BCUT2D eigenvalue weighted by atomic mass is 16.6. The zero-order chi connectivity index (χ0) is 14.1. The van der Waals surface area contributed by atoms with E-state index in [0.29, 0.717) is 0 Å². The Kier molecular flexibility index (Phi) is 2.41. The maximum Gasteiger partial charge on any atom is 0.410 e. The number of nitrogens with zero attached hydrogens (tertiary/aromatic N) is 1. The van der Waals surface area contributed by atoms with Gasteiger partial charge >= 0.3 is 6.09 Å². The molecule has 3 fully saturated rings. The number of likely N-dealkylation sites (tertiary alicyclic amines) is 1. The van der Waals surface area contributed by atoms with Gasteiger partial charge in [-0.1, -0.05) is 6.92 Å². The first-order chi connectivity index (χ1) is 8.57. The van der Waals surface area contributed by atoms with Crippen LogP contribution in [0.15, 0.2) is 0 Å². The predicted octanol–water partition coefficient (Wildman–Crippen LogP) is 2.55. The van der Waals surface area contributed by atoms with Crippen LogP contribution in [0.25, 0.3) is 0 Å². The van der Waals surface area contributed by atoms with Gasteiger partial charge in [0.25, 0.3) is 0 Å².